The molecule has 1 amide bonds. The molecule has 1 fully saturated rings. The first-order valence-corrected chi connectivity index (χ1v) is 7.30. The average molecular weight is 338 g/mol. The molecule has 1 unspecified atom stereocenters. The minimum atomic E-state index is -0.000989. The van der Waals surface area contributed by atoms with Crippen LogP contribution < -0.4 is 5.32 Å². The predicted molar refractivity (Wildman–Crippen MR) is 89.6 cm³/mol. The Morgan fingerprint density at radius 2 is 2.18 bits per heavy atom. The van der Waals surface area contributed by atoms with Gasteiger partial charge < -0.3 is 10.2 Å². The van der Waals surface area contributed by atoms with Gasteiger partial charge in [-0.15, -0.1) is 12.4 Å². The van der Waals surface area contributed by atoms with Crippen LogP contribution in [0.15, 0.2) is 48.8 Å². The molecule has 3 rings (SSSR count). The number of carbonyl (C=O) groups excluding carboxylic acids is 1. The van der Waals surface area contributed by atoms with Gasteiger partial charge in [0.15, 0.2) is 0 Å². The largest absolute Gasteiger partial charge is 0.329 e. The second-order valence-corrected chi connectivity index (χ2v) is 5.45. The van der Waals surface area contributed by atoms with Crippen LogP contribution in [0.25, 0.3) is 0 Å². The van der Waals surface area contributed by atoms with Crippen LogP contribution in [-0.4, -0.2) is 35.4 Å². The summed E-state index contributed by atoms with van der Waals surface area (Å²) in [7, 11) is 0. The number of hydrogen-bond acceptors (Lipinski definition) is 3. The first-order chi connectivity index (χ1) is 10.3. The van der Waals surface area contributed by atoms with E-state index in [0.29, 0.717) is 17.1 Å². The second-order valence-electron chi connectivity index (χ2n) is 5.02. The third kappa shape index (κ3) is 3.58. The van der Waals surface area contributed by atoms with E-state index in [1.807, 2.05) is 23.2 Å². The van der Waals surface area contributed by atoms with Crippen LogP contribution in [0.3, 0.4) is 0 Å². The van der Waals surface area contributed by atoms with Gasteiger partial charge in [-0.2, -0.15) is 0 Å². The molecule has 0 bridgehead atoms. The minimum absolute atomic E-state index is 0. The van der Waals surface area contributed by atoms with Crippen molar-refractivity contribution in [1.82, 2.24) is 15.2 Å². The maximum atomic E-state index is 12.8. The molecule has 0 aliphatic carbocycles. The fourth-order valence-corrected chi connectivity index (χ4v) is 2.80. The van der Waals surface area contributed by atoms with Crippen molar-refractivity contribution in [2.45, 2.75) is 6.04 Å². The van der Waals surface area contributed by atoms with Crippen molar-refractivity contribution >= 4 is 29.9 Å². The van der Waals surface area contributed by atoms with Crippen LogP contribution >= 0.6 is 24.0 Å². The van der Waals surface area contributed by atoms with Gasteiger partial charge in [0.2, 0.25) is 0 Å². The monoisotopic (exact) mass is 337 g/mol. The molecule has 1 aliphatic heterocycles. The van der Waals surface area contributed by atoms with Crippen molar-refractivity contribution in [2.24, 2.45) is 0 Å². The molecule has 1 aliphatic rings. The van der Waals surface area contributed by atoms with Crippen molar-refractivity contribution in [2.75, 3.05) is 19.6 Å². The molecule has 2 heterocycles. The number of hydrogen-bond donors (Lipinski definition) is 1. The van der Waals surface area contributed by atoms with E-state index in [1.54, 1.807) is 30.5 Å². The Morgan fingerprint density at radius 1 is 1.32 bits per heavy atom. The highest BCUT2D eigenvalue weighted by molar-refractivity contribution is 6.30. The standard InChI is InChI=1S/C16H16ClN3O.ClH/c17-14-5-1-3-12(9-14)16(21)20-8-7-19-11-15(20)13-4-2-6-18-10-13;/h1-6,9-10,15,19H,7-8,11H2;1H. The molecule has 1 saturated heterocycles. The third-order valence-electron chi connectivity index (χ3n) is 3.65. The van der Waals surface area contributed by atoms with Gasteiger partial charge in [-0.1, -0.05) is 23.7 Å². The lowest BCUT2D eigenvalue weighted by atomic mass is 10.0. The third-order valence-corrected chi connectivity index (χ3v) is 3.88. The van der Waals surface area contributed by atoms with Gasteiger partial charge in [0.1, 0.15) is 0 Å². The second kappa shape index (κ2) is 7.58. The van der Waals surface area contributed by atoms with Crippen molar-refractivity contribution in [3.05, 3.63) is 64.9 Å². The lowest BCUT2D eigenvalue weighted by Gasteiger charge is -2.36. The predicted octanol–water partition coefficient (Wildman–Crippen LogP) is 2.94. The summed E-state index contributed by atoms with van der Waals surface area (Å²) >= 11 is 5.99. The highest BCUT2D eigenvalue weighted by Gasteiger charge is 2.28. The molecular formula is C16H17Cl2N3O. The van der Waals surface area contributed by atoms with Gasteiger partial charge >= 0.3 is 0 Å². The SMILES string of the molecule is Cl.O=C(c1cccc(Cl)c1)N1CCNCC1c1cccnc1. The molecule has 1 N–H and O–H groups in total. The van der Waals surface area contributed by atoms with Crippen molar-refractivity contribution < 1.29 is 4.79 Å². The molecule has 1 aromatic heterocycles. The number of nitrogens with one attached hydrogen (secondary N) is 1. The molecule has 0 spiro atoms. The van der Waals surface area contributed by atoms with Gasteiger partial charge in [0.25, 0.3) is 5.91 Å². The number of amides is 1. The normalized spacial score (nSPS) is 17.7. The minimum Gasteiger partial charge on any atom is -0.329 e. The number of aromatic nitrogens is 1. The number of piperazine rings is 1. The number of benzene rings is 1. The van der Waals surface area contributed by atoms with E-state index in [0.717, 1.165) is 18.7 Å². The summed E-state index contributed by atoms with van der Waals surface area (Å²) in [4.78, 5) is 18.8. The Kier molecular flexibility index (Phi) is 5.77. The molecule has 1 atom stereocenters. The number of nitrogens with zero attached hydrogens (tertiary/aromatic N) is 2. The fourth-order valence-electron chi connectivity index (χ4n) is 2.61. The summed E-state index contributed by atoms with van der Waals surface area (Å²) in [6.07, 6.45) is 3.55. The van der Waals surface area contributed by atoms with Gasteiger partial charge in [-0.05, 0) is 29.8 Å². The summed E-state index contributed by atoms with van der Waals surface area (Å²) in [5, 5.41) is 3.91. The highest BCUT2D eigenvalue weighted by atomic mass is 35.5. The van der Waals surface area contributed by atoms with Gasteiger partial charge in [-0.3, -0.25) is 9.78 Å². The van der Waals surface area contributed by atoms with E-state index in [1.165, 1.54) is 0 Å². The van der Waals surface area contributed by atoms with Gasteiger partial charge in [0, 0.05) is 42.6 Å². The summed E-state index contributed by atoms with van der Waals surface area (Å²) in [6, 6.07) is 11.0. The fraction of sp³-hybridized carbons (Fsp3) is 0.250. The first-order valence-electron chi connectivity index (χ1n) is 6.93. The quantitative estimate of drug-likeness (QED) is 0.916. The lowest BCUT2D eigenvalue weighted by Crippen LogP contribution is -2.48. The summed E-state index contributed by atoms with van der Waals surface area (Å²) in [5.74, 6) is 0.00727. The Balaban J connectivity index is 0.00000176. The van der Waals surface area contributed by atoms with Crippen LogP contribution in [0.1, 0.15) is 22.0 Å². The van der Waals surface area contributed by atoms with Crippen LogP contribution in [-0.2, 0) is 0 Å². The van der Waals surface area contributed by atoms with E-state index in [4.69, 9.17) is 11.6 Å². The molecule has 2 aromatic rings. The topological polar surface area (TPSA) is 45.2 Å². The number of rotatable bonds is 2. The van der Waals surface area contributed by atoms with Crippen LogP contribution in [0.4, 0.5) is 0 Å². The maximum absolute atomic E-state index is 12.8. The zero-order valence-corrected chi connectivity index (χ0v) is 13.5. The van der Waals surface area contributed by atoms with Crippen molar-refractivity contribution in [3.63, 3.8) is 0 Å². The molecule has 0 saturated carbocycles. The Bertz CT molecular complexity index is 636. The maximum Gasteiger partial charge on any atom is 0.254 e. The van der Waals surface area contributed by atoms with Gasteiger partial charge in [0.05, 0.1) is 6.04 Å². The first kappa shape index (κ1) is 16.7. The van der Waals surface area contributed by atoms with Crippen molar-refractivity contribution in [1.29, 1.82) is 0 Å². The molecule has 116 valence electrons. The molecule has 22 heavy (non-hydrogen) atoms. The molecule has 1 aromatic carbocycles. The van der Waals surface area contributed by atoms with E-state index >= 15 is 0 Å². The van der Waals surface area contributed by atoms with Crippen LogP contribution in [0.5, 0.6) is 0 Å². The lowest BCUT2D eigenvalue weighted by molar-refractivity contribution is 0.0634. The number of halogens is 2. The van der Waals surface area contributed by atoms with E-state index in [9.17, 15) is 4.79 Å². The molecule has 6 heteroatoms. The average Bonchev–Trinajstić information content (AvgIpc) is 2.55. The Morgan fingerprint density at radius 3 is 2.91 bits per heavy atom. The molecule has 4 nitrogen and oxygen atoms in total. The van der Waals surface area contributed by atoms with E-state index in [-0.39, 0.29) is 24.4 Å². The number of pyridine rings is 1. The number of carbonyl (C=O) groups is 1. The molecular weight excluding hydrogens is 321 g/mol. The summed E-state index contributed by atoms with van der Waals surface area (Å²) < 4.78 is 0. The Labute approximate surface area is 140 Å². The van der Waals surface area contributed by atoms with E-state index < -0.39 is 0 Å². The van der Waals surface area contributed by atoms with Crippen molar-refractivity contribution in [3.8, 4) is 0 Å². The van der Waals surface area contributed by atoms with E-state index in [2.05, 4.69) is 10.3 Å². The summed E-state index contributed by atoms with van der Waals surface area (Å²) in [6.45, 7) is 2.20. The zero-order valence-electron chi connectivity index (χ0n) is 11.9. The smallest absolute Gasteiger partial charge is 0.254 e. The summed E-state index contributed by atoms with van der Waals surface area (Å²) in [5.41, 5.74) is 1.67. The molecule has 0 radical (unpaired) electrons. The zero-order chi connectivity index (χ0) is 14.7. The van der Waals surface area contributed by atoms with Gasteiger partial charge in [-0.25, -0.2) is 0 Å². The highest BCUT2D eigenvalue weighted by Crippen LogP contribution is 2.24. The van der Waals surface area contributed by atoms with Crippen LogP contribution in [0.2, 0.25) is 5.02 Å². The van der Waals surface area contributed by atoms with Crippen LogP contribution in [0, 0.1) is 0 Å². The Hall–Kier alpha value is -1.62.